The molecule has 0 fully saturated rings. The normalized spacial score (nSPS) is 10.8. The Morgan fingerprint density at radius 3 is 3.00 bits per heavy atom. The summed E-state index contributed by atoms with van der Waals surface area (Å²) in [5.41, 5.74) is 0.821. The van der Waals surface area contributed by atoms with Crippen molar-refractivity contribution in [1.29, 1.82) is 0 Å². The van der Waals surface area contributed by atoms with E-state index in [-0.39, 0.29) is 5.56 Å². The molecule has 0 aromatic carbocycles. The van der Waals surface area contributed by atoms with E-state index in [1.165, 1.54) is 0 Å². The molecule has 2 rings (SSSR count). The average Bonchev–Trinajstić information content (AvgIpc) is 2.83. The molecule has 0 aliphatic rings. The second kappa shape index (κ2) is 5.48. The molecule has 2 aromatic heterocycles. The van der Waals surface area contributed by atoms with Crippen LogP contribution in [0.1, 0.15) is 19.5 Å². The monoisotopic (exact) mass is 247 g/mol. The van der Waals surface area contributed by atoms with E-state index in [9.17, 15) is 4.79 Å². The minimum Gasteiger partial charge on any atom is -0.360 e. The van der Waals surface area contributed by atoms with Crippen molar-refractivity contribution >= 4 is 5.82 Å². The Morgan fingerprint density at radius 2 is 2.33 bits per heavy atom. The number of hydrogen-bond acceptors (Lipinski definition) is 4. The van der Waals surface area contributed by atoms with Crippen LogP contribution in [0.5, 0.6) is 0 Å². The van der Waals surface area contributed by atoms with E-state index >= 15 is 0 Å². The van der Waals surface area contributed by atoms with Gasteiger partial charge in [0.05, 0.1) is 18.6 Å². The minimum atomic E-state index is -0.0919. The van der Waals surface area contributed by atoms with Gasteiger partial charge in [0.1, 0.15) is 0 Å². The van der Waals surface area contributed by atoms with E-state index in [0.717, 1.165) is 5.69 Å². The number of hydrogen-bond donors (Lipinski definition) is 2. The number of nitrogens with one attached hydrogen (secondary N) is 2. The fourth-order valence-corrected chi connectivity index (χ4v) is 1.67. The van der Waals surface area contributed by atoms with Gasteiger partial charge in [-0.3, -0.25) is 4.79 Å². The number of nitrogens with zero attached hydrogens (tertiary/aromatic N) is 3. The van der Waals surface area contributed by atoms with Crippen LogP contribution in [-0.4, -0.2) is 19.5 Å². The van der Waals surface area contributed by atoms with Gasteiger partial charge in [0.25, 0.3) is 5.56 Å². The van der Waals surface area contributed by atoms with Gasteiger partial charge in [-0.1, -0.05) is 13.8 Å². The van der Waals surface area contributed by atoms with E-state index in [1.807, 2.05) is 0 Å². The zero-order valence-corrected chi connectivity index (χ0v) is 10.6. The molecule has 0 saturated carbocycles. The molecule has 6 nitrogen and oxygen atoms in total. The van der Waals surface area contributed by atoms with Crippen molar-refractivity contribution in [1.82, 2.24) is 19.5 Å². The molecular formula is C12H17N5O. The standard InChI is InChI=1S/C12H17N5O/c1-9(2)7-17-4-3-14-11(12(17)18)15-6-10-5-13-8-16-10/h3-5,8-9H,6-7H2,1-2H3,(H,13,16)(H,14,15). The van der Waals surface area contributed by atoms with Gasteiger partial charge in [-0.05, 0) is 5.92 Å². The summed E-state index contributed by atoms with van der Waals surface area (Å²) in [6, 6.07) is 0. The molecule has 0 unspecified atom stereocenters. The number of imidazole rings is 1. The van der Waals surface area contributed by atoms with Crippen molar-refractivity contribution in [2.45, 2.75) is 26.9 Å². The molecule has 6 heteroatoms. The fraction of sp³-hybridized carbons (Fsp3) is 0.417. The van der Waals surface area contributed by atoms with Gasteiger partial charge < -0.3 is 14.9 Å². The minimum absolute atomic E-state index is 0.0919. The van der Waals surface area contributed by atoms with Crippen LogP contribution in [0, 0.1) is 5.92 Å². The number of rotatable bonds is 5. The lowest BCUT2D eigenvalue weighted by atomic mass is 10.2. The largest absolute Gasteiger partial charge is 0.360 e. The first-order chi connectivity index (χ1) is 8.66. The van der Waals surface area contributed by atoms with Crippen LogP contribution < -0.4 is 10.9 Å². The van der Waals surface area contributed by atoms with Gasteiger partial charge in [0, 0.05) is 25.1 Å². The van der Waals surface area contributed by atoms with Crippen LogP contribution in [0.4, 0.5) is 5.82 Å². The molecule has 0 spiro atoms. The molecular weight excluding hydrogens is 230 g/mol. The van der Waals surface area contributed by atoms with Crippen molar-refractivity contribution in [3.8, 4) is 0 Å². The van der Waals surface area contributed by atoms with E-state index in [4.69, 9.17) is 0 Å². The van der Waals surface area contributed by atoms with Crippen molar-refractivity contribution in [3.05, 3.63) is 41.0 Å². The Bertz CT molecular complexity index is 544. The Labute approximate surface area is 105 Å². The van der Waals surface area contributed by atoms with E-state index < -0.39 is 0 Å². The summed E-state index contributed by atoms with van der Waals surface area (Å²) in [6.45, 7) is 5.35. The first kappa shape index (κ1) is 12.3. The Morgan fingerprint density at radius 1 is 1.50 bits per heavy atom. The van der Waals surface area contributed by atoms with Crippen molar-refractivity contribution < 1.29 is 0 Å². The quantitative estimate of drug-likeness (QED) is 0.833. The molecule has 18 heavy (non-hydrogen) atoms. The van der Waals surface area contributed by atoms with Crippen LogP contribution in [0.3, 0.4) is 0 Å². The number of aromatic amines is 1. The summed E-state index contributed by atoms with van der Waals surface area (Å²) in [7, 11) is 0. The molecule has 0 atom stereocenters. The summed E-state index contributed by atoms with van der Waals surface area (Å²) in [5.74, 6) is 0.790. The number of H-pyrrole nitrogens is 1. The Kier molecular flexibility index (Phi) is 3.76. The maximum atomic E-state index is 12.1. The van der Waals surface area contributed by atoms with Gasteiger partial charge in [0.15, 0.2) is 5.82 Å². The molecule has 0 amide bonds. The summed E-state index contributed by atoms with van der Waals surface area (Å²) in [5, 5.41) is 3.01. The zero-order chi connectivity index (χ0) is 13.0. The van der Waals surface area contributed by atoms with Crippen molar-refractivity contribution in [2.24, 2.45) is 5.92 Å². The summed E-state index contributed by atoms with van der Waals surface area (Å²) < 4.78 is 1.67. The van der Waals surface area contributed by atoms with Crippen LogP contribution in [-0.2, 0) is 13.1 Å². The van der Waals surface area contributed by atoms with Gasteiger partial charge >= 0.3 is 0 Å². The lowest BCUT2D eigenvalue weighted by Gasteiger charge is -2.10. The van der Waals surface area contributed by atoms with Gasteiger partial charge in [-0.15, -0.1) is 0 Å². The van der Waals surface area contributed by atoms with E-state index in [1.54, 1.807) is 29.5 Å². The molecule has 2 aromatic rings. The molecule has 0 bridgehead atoms. The number of anilines is 1. The SMILES string of the molecule is CC(C)Cn1ccnc(NCc2cnc[nH]2)c1=O. The number of aromatic nitrogens is 4. The van der Waals surface area contributed by atoms with Gasteiger partial charge in [0.2, 0.25) is 0 Å². The maximum Gasteiger partial charge on any atom is 0.293 e. The lowest BCUT2D eigenvalue weighted by molar-refractivity contribution is 0.509. The summed E-state index contributed by atoms with van der Waals surface area (Å²) >= 11 is 0. The topological polar surface area (TPSA) is 75.6 Å². The van der Waals surface area contributed by atoms with Crippen LogP contribution >= 0.6 is 0 Å². The first-order valence-electron chi connectivity index (χ1n) is 5.93. The molecule has 0 saturated heterocycles. The van der Waals surface area contributed by atoms with Crippen LogP contribution in [0.15, 0.2) is 29.7 Å². The Balaban J connectivity index is 2.11. The zero-order valence-electron chi connectivity index (χ0n) is 10.6. The smallest absolute Gasteiger partial charge is 0.293 e. The molecule has 0 radical (unpaired) electrons. The lowest BCUT2D eigenvalue weighted by Crippen LogP contribution is -2.25. The second-order valence-corrected chi connectivity index (χ2v) is 4.56. The molecule has 2 N–H and O–H groups in total. The predicted molar refractivity (Wildman–Crippen MR) is 69.2 cm³/mol. The van der Waals surface area contributed by atoms with E-state index in [0.29, 0.717) is 24.8 Å². The van der Waals surface area contributed by atoms with Crippen molar-refractivity contribution in [2.75, 3.05) is 5.32 Å². The van der Waals surface area contributed by atoms with Crippen LogP contribution in [0.25, 0.3) is 0 Å². The molecule has 2 heterocycles. The van der Waals surface area contributed by atoms with Crippen LogP contribution in [0.2, 0.25) is 0 Å². The highest BCUT2D eigenvalue weighted by molar-refractivity contribution is 5.31. The molecule has 96 valence electrons. The highest BCUT2D eigenvalue weighted by Crippen LogP contribution is 2.00. The average molecular weight is 247 g/mol. The van der Waals surface area contributed by atoms with E-state index in [2.05, 4.69) is 34.1 Å². The fourth-order valence-electron chi connectivity index (χ4n) is 1.67. The van der Waals surface area contributed by atoms with Crippen molar-refractivity contribution in [3.63, 3.8) is 0 Å². The highest BCUT2D eigenvalue weighted by atomic mass is 16.1. The molecule has 0 aliphatic heterocycles. The Hall–Kier alpha value is -2.11. The third kappa shape index (κ3) is 2.97. The third-order valence-corrected chi connectivity index (χ3v) is 2.48. The second-order valence-electron chi connectivity index (χ2n) is 4.56. The van der Waals surface area contributed by atoms with Gasteiger partial charge in [-0.2, -0.15) is 0 Å². The first-order valence-corrected chi connectivity index (χ1v) is 5.93. The molecule has 0 aliphatic carbocycles. The highest BCUT2D eigenvalue weighted by Gasteiger charge is 2.06. The third-order valence-electron chi connectivity index (χ3n) is 2.48. The summed E-state index contributed by atoms with van der Waals surface area (Å²) in [4.78, 5) is 23.0. The van der Waals surface area contributed by atoms with Gasteiger partial charge in [-0.25, -0.2) is 9.97 Å². The predicted octanol–water partition coefficient (Wildman–Crippen LogP) is 1.23. The summed E-state index contributed by atoms with van der Waals surface area (Å²) in [6.07, 6.45) is 6.66. The maximum absolute atomic E-state index is 12.1.